The molecular formula is C16H23N3O2. The summed E-state index contributed by atoms with van der Waals surface area (Å²) in [5.74, 6) is 0.111. The van der Waals surface area contributed by atoms with E-state index in [2.05, 4.69) is 9.88 Å². The second-order valence-corrected chi connectivity index (χ2v) is 5.94. The Bertz CT molecular complexity index is 480. The van der Waals surface area contributed by atoms with Crippen molar-refractivity contribution in [3.8, 4) is 0 Å². The van der Waals surface area contributed by atoms with Gasteiger partial charge in [0.25, 0.3) is 5.91 Å². The van der Waals surface area contributed by atoms with Gasteiger partial charge in [-0.2, -0.15) is 0 Å². The summed E-state index contributed by atoms with van der Waals surface area (Å²) in [5, 5.41) is 0. The van der Waals surface area contributed by atoms with Crippen LogP contribution in [-0.4, -0.2) is 66.1 Å². The van der Waals surface area contributed by atoms with E-state index in [9.17, 15) is 4.79 Å². The molecule has 0 saturated carbocycles. The van der Waals surface area contributed by atoms with Crippen LogP contribution in [0.3, 0.4) is 0 Å². The van der Waals surface area contributed by atoms with Crippen molar-refractivity contribution in [1.29, 1.82) is 0 Å². The monoisotopic (exact) mass is 289 g/mol. The van der Waals surface area contributed by atoms with Gasteiger partial charge in [0, 0.05) is 44.7 Å². The highest BCUT2D eigenvalue weighted by molar-refractivity contribution is 5.93. The molecule has 21 heavy (non-hydrogen) atoms. The van der Waals surface area contributed by atoms with E-state index in [1.807, 2.05) is 17.0 Å². The average Bonchev–Trinajstić information content (AvgIpc) is 2.50. The molecule has 0 N–H and O–H groups in total. The number of aromatic nitrogens is 1. The maximum absolute atomic E-state index is 12.6. The molecule has 0 radical (unpaired) electrons. The summed E-state index contributed by atoms with van der Waals surface area (Å²) in [6.45, 7) is 3.61. The molecule has 2 aliphatic heterocycles. The second kappa shape index (κ2) is 6.54. The molecule has 5 nitrogen and oxygen atoms in total. The Labute approximate surface area is 125 Å². The minimum Gasteiger partial charge on any atom is -0.383 e. The van der Waals surface area contributed by atoms with Crippen molar-refractivity contribution in [1.82, 2.24) is 14.8 Å². The zero-order chi connectivity index (χ0) is 14.7. The number of fused-ring (bicyclic) bond motifs is 1. The molecule has 3 heterocycles. The van der Waals surface area contributed by atoms with Gasteiger partial charge < -0.3 is 9.64 Å². The lowest BCUT2D eigenvalue weighted by molar-refractivity contribution is -0.0458. The summed E-state index contributed by atoms with van der Waals surface area (Å²) in [6, 6.07) is 4.70. The highest BCUT2D eigenvalue weighted by Crippen LogP contribution is 2.29. The smallest absolute Gasteiger partial charge is 0.255 e. The van der Waals surface area contributed by atoms with E-state index in [-0.39, 0.29) is 5.91 Å². The van der Waals surface area contributed by atoms with E-state index in [1.165, 1.54) is 0 Å². The third-order valence-corrected chi connectivity index (χ3v) is 4.56. The number of rotatable bonds is 3. The van der Waals surface area contributed by atoms with Crippen molar-refractivity contribution in [2.75, 3.05) is 33.4 Å². The molecule has 0 spiro atoms. The van der Waals surface area contributed by atoms with Crippen LogP contribution in [0.4, 0.5) is 0 Å². The zero-order valence-corrected chi connectivity index (χ0v) is 12.6. The first-order valence-corrected chi connectivity index (χ1v) is 7.73. The van der Waals surface area contributed by atoms with Crippen LogP contribution in [0.5, 0.6) is 0 Å². The van der Waals surface area contributed by atoms with Gasteiger partial charge in [-0.25, -0.2) is 0 Å². The second-order valence-electron chi connectivity index (χ2n) is 5.94. The molecule has 2 saturated heterocycles. The lowest BCUT2D eigenvalue weighted by Crippen LogP contribution is -2.62. The summed E-state index contributed by atoms with van der Waals surface area (Å²) < 4.78 is 5.28. The third-order valence-electron chi connectivity index (χ3n) is 4.56. The van der Waals surface area contributed by atoms with Gasteiger partial charge in [0.1, 0.15) is 0 Å². The van der Waals surface area contributed by atoms with Crippen LogP contribution in [0.15, 0.2) is 24.5 Å². The van der Waals surface area contributed by atoms with Crippen LogP contribution < -0.4 is 0 Å². The lowest BCUT2D eigenvalue weighted by Gasteiger charge is -2.51. The van der Waals surface area contributed by atoms with Crippen LogP contribution in [0.25, 0.3) is 0 Å². The molecule has 2 unspecified atom stereocenters. The average molecular weight is 289 g/mol. The minimum absolute atomic E-state index is 0.111. The number of hydrogen-bond donors (Lipinski definition) is 0. The number of methoxy groups -OCH3 is 1. The van der Waals surface area contributed by atoms with Crippen molar-refractivity contribution < 1.29 is 9.53 Å². The summed E-state index contributed by atoms with van der Waals surface area (Å²) in [5.41, 5.74) is 0.692. The molecule has 3 rings (SSSR count). The maximum Gasteiger partial charge on any atom is 0.255 e. The number of amides is 1. The highest BCUT2D eigenvalue weighted by atomic mass is 16.5. The molecule has 1 aromatic heterocycles. The molecule has 5 heteroatoms. The van der Waals surface area contributed by atoms with Crippen LogP contribution in [0.1, 0.15) is 29.6 Å². The number of nitrogens with zero attached hydrogens (tertiary/aromatic N) is 3. The Balaban J connectivity index is 1.66. The molecule has 0 aromatic carbocycles. The van der Waals surface area contributed by atoms with E-state index in [1.54, 1.807) is 19.5 Å². The van der Waals surface area contributed by atoms with Crippen molar-refractivity contribution in [3.05, 3.63) is 30.1 Å². The van der Waals surface area contributed by atoms with E-state index < -0.39 is 0 Å². The SMILES string of the molecule is COCC1CC2CN(C(=O)c3cccnc3)CCCCN12. The number of carbonyl (C=O) groups excluding carboxylic acids is 1. The topological polar surface area (TPSA) is 45.7 Å². The van der Waals surface area contributed by atoms with Crippen molar-refractivity contribution in [3.63, 3.8) is 0 Å². The molecular weight excluding hydrogens is 266 g/mol. The Morgan fingerprint density at radius 3 is 3.05 bits per heavy atom. The normalized spacial score (nSPS) is 26.4. The largest absolute Gasteiger partial charge is 0.383 e. The first-order chi connectivity index (χ1) is 10.3. The van der Waals surface area contributed by atoms with Gasteiger partial charge in [0.2, 0.25) is 0 Å². The van der Waals surface area contributed by atoms with Gasteiger partial charge in [-0.3, -0.25) is 14.7 Å². The zero-order valence-electron chi connectivity index (χ0n) is 12.6. The summed E-state index contributed by atoms with van der Waals surface area (Å²) in [7, 11) is 1.76. The van der Waals surface area contributed by atoms with E-state index >= 15 is 0 Å². The van der Waals surface area contributed by atoms with Gasteiger partial charge in [0.05, 0.1) is 12.2 Å². The van der Waals surface area contributed by atoms with E-state index in [0.29, 0.717) is 17.6 Å². The Hall–Kier alpha value is -1.46. The summed E-state index contributed by atoms with van der Waals surface area (Å²) >= 11 is 0. The van der Waals surface area contributed by atoms with Crippen LogP contribution >= 0.6 is 0 Å². The first-order valence-electron chi connectivity index (χ1n) is 7.73. The molecule has 2 atom stereocenters. The van der Waals surface area contributed by atoms with Gasteiger partial charge in [-0.05, 0) is 37.9 Å². The number of carbonyl (C=O) groups is 1. The van der Waals surface area contributed by atoms with Crippen molar-refractivity contribution >= 4 is 5.91 Å². The fourth-order valence-electron chi connectivity index (χ4n) is 3.44. The van der Waals surface area contributed by atoms with Gasteiger partial charge >= 0.3 is 0 Å². The lowest BCUT2D eigenvalue weighted by atomic mass is 9.91. The van der Waals surface area contributed by atoms with E-state index in [0.717, 1.165) is 45.5 Å². The van der Waals surface area contributed by atoms with Crippen molar-refractivity contribution in [2.24, 2.45) is 0 Å². The Morgan fingerprint density at radius 1 is 1.43 bits per heavy atom. The van der Waals surface area contributed by atoms with Crippen LogP contribution in [0.2, 0.25) is 0 Å². The summed E-state index contributed by atoms with van der Waals surface area (Å²) in [4.78, 5) is 21.1. The van der Waals surface area contributed by atoms with Crippen LogP contribution in [0, 0.1) is 0 Å². The number of ether oxygens (including phenoxy) is 1. The fraction of sp³-hybridized carbons (Fsp3) is 0.625. The van der Waals surface area contributed by atoms with E-state index in [4.69, 9.17) is 4.74 Å². The van der Waals surface area contributed by atoms with Crippen molar-refractivity contribution in [2.45, 2.75) is 31.3 Å². The molecule has 114 valence electrons. The molecule has 0 aliphatic carbocycles. The predicted molar refractivity (Wildman–Crippen MR) is 80.1 cm³/mol. The molecule has 1 aromatic rings. The highest BCUT2D eigenvalue weighted by Gasteiger charge is 2.40. The maximum atomic E-state index is 12.6. The Morgan fingerprint density at radius 2 is 2.29 bits per heavy atom. The Kier molecular flexibility index (Phi) is 4.51. The number of hydrogen-bond acceptors (Lipinski definition) is 4. The molecule has 0 bridgehead atoms. The molecule has 2 fully saturated rings. The third kappa shape index (κ3) is 3.09. The standard InChI is InChI=1S/C16H23N3O2/c1-21-12-15-9-14-11-18(7-2-3-8-19(14)15)16(20)13-5-4-6-17-10-13/h4-6,10,14-15H,2-3,7-9,11-12H2,1H3. The predicted octanol–water partition coefficient (Wildman–Crippen LogP) is 1.41. The molecule has 1 amide bonds. The van der Waals surface area contributed by atoms with Gasteiger partial charge in [0.15, 0.2) is 0 Å². The fourth-order valence-corrected chi connectivity index (χ4v) is 3.44. The van der Waals surface area contributed by atoms with Crippen LogP contribution in [-0.2, 0) is 4.74 Å². The number of pyridine rings is 1. The van der Waals surface area contributed by atoms with Gasteiger partial charge in [-0.1, -0.05) is 0 Å². The van der Waals surface area contributed by atoms with Gasteiger partial charge in [-0.15, -0.1) is 0 Å². The summed E-state index contributed by atoms with van der Waals surface area (Å²) in [6.07, 6.45) is 6.70. The first kappa shape index (κ1) is 14.5. The quantitative estimate of drug-likeness (QED) is 0.844. The minimum atomic E-state index is 0.111. The molecule has 2 aliphatic rings.